The average Bonchev–Trinajstić information content (AvgIpc) is 3.31. The van der Waals surface area contributed by atoms with Crippen molar-refractivity contribution in [2.45, 2.75) is 19.8 Å². The summed E-state index contributed by atoms with van der Waals surface area (Å²) in [5, 5.41) is 8.91. The fraction of sp³-hybridized carbons (Fsp3) is 0.200. The summed E-state index contributed by atoms with van der Waals surface area (Å²) in [6.07, 6.45) is 2.15. The molecule has 3 N–H and O–H groups in total. The number of rotatable bonds is 5. The molecule has 0 aliphatic carbocycles. The number of nitrogens with one attached hydrogen (secondary N) is 3. The van der Waals surface area contributed by atoms with Crippen LogP contribution in [0.4, 0.5) is 31.9 Å². The topological polar surface area (TPSA) is 73.5 Å². The summed E-state index contributed by atoms with van der Waals surface area (Å²) >= 11 is 6.24. The molecule has 8 heteroatoms. The number of hydrogen-bond acceptors (Lipinski definition) is 3. The smallest absolute Gasteiger partial charge is 0.323 e. The summed E-state index contributed by atoms with van der Waals surface area (Å²) < 4.78 is 13.2. The number of urea groups is 1. The third kappa shape index (κ3) is 5.62. The van der Waals surface area contributed by atoms with Gasteiger partial charge in [0.2, 0.25) is 0 Å². The molecule has 0 saturated carbocycles. The molecule has 1 saturated heterocycles. The van der Waals surface area contributed by atoms with Crippen molar-refractivity contribution in [2.24, 2.45) is 0 Å². The van der Waals surface area contributed by atoms with Crippen LogP contribution in [-0.4, -0.2) is 25.0 Å². The maximum atomic E-state index is 13.2. The van der Waals surface area contributed by atoms with Crippen LogP contribution in [0, 0.1) is 12.7 Å². The highest BCUT2D eigenvalue weighted by atomic mass is 35.5. The van der Waals surface area contributed by atoms with Crippen molar-refractivity contribution in [1.29, 1.82) is 0 Å². The molecule has 33 heavy (non-hydrogen) atoms. The highest BCUT2D eigenvalue weighted by Gasteiger charge is 2.18. The summed E-state index contributed by atoms with van der Waals surface area (Å²) in [6.45, 7) is 3.70. The minimum atomic E-state index is -0.441. The van der Waals surface area contributed by atoms with Gasteiger partial charge in [0.25, 0.3) is 5.91 Å². The van der Waals surface area contributed by atoms with E-state index >= 15 is 0 Å². The average molecular weight is 467 g/mol. The highest BCUT2D eigenvalue weighted by Crippen LogP contribution is 2.32. The van der Waals surface area contributed by atoms with E-state index in [0.29, 0.717) is 27.6 Å². The van der Waals surface area contributed by atoms with Gasteiger partial charge in [0.1, 0.15) is 5.82 Å². The lowest BCUT2D eigenvalue weighted by molar-refractivity contribution is 0.102. The molecule has 0 radical (unpaired) electrons. The Labute approximate surface area is 196 Å². The minimum absolute atomic E-state index is 0.335. The summed E-state index contributed by atoms with van der Waals surface area (Å²) in [5.74, 6) is -0.779. The Balaban J connectivity index is 1.55. The van der Waals surface area contributed by atoms with E-state index in [2.05, 4.69) is 20.9 Å². The Morgan fingerprint density at radius 2 is 1.58 bits per heavy atom. The lowest BCUT2D eigenvalue weighted by atomic mass is 10.2. The first-order valence-electron chi connectivity index (χ1n) is 10.7. The summed E-state index contributed by atoms with van der Waals surface area (Å²) in [4.78, 5) is 27.5. The zero-order chi connectivity index (χ0) is 23.4. The predicted molar refractivity (Wildman–Crippen MR) is 131 cm³/mol. The molecule has 0 spiro atoms. The number of benzene rings is 3. The SMILES string of the molecule is Cc1ccc(NC(=O)Nc2cc(NC(=O)c3ccc(F)cc3)ccc2N2CCCC2)c(Cl)c1. The third-order valence-electron chi connectivity index (χ3n) is 5.43. The van der Waals surface area contributed by atoms with Crippen LogP contribution >= 0.6 is 11.6 Å². The van der Waals surface area contributed by atoms with Crippen molar-refractivity contribution in [2.75, 3.05) is 33.9 Å². The van der Waals surface area contributed by atoms with Crippen LogP contribution in [0.2, 0.25) is 5.02 Å². The second-order valence-electron chi connectivity index (χ2n) is 7.95. The number of aryl methyl sites for hydroxylation is 1. The van der Waals surface area contributed by atoms with Gasteiger partial charge >= 0.3 is 6.03 Å². The van der Waals surface area contributed by atoms with Crippen molar-refractivity contribution in [3.05, 3.63) is 82.6 Å². The Bertz CT molecular complexity index is 1180. The van der Waals surface area contributed by atoms with Gasteiger partial charge in [0, 0.05) is 24.3 Å². The van der Waals surface area contributed by atoms with E-state index in [1.807, 2.05) is 19.1 Å². The number of carbonyl (C=O) groups excluding carboxylic acids is 2. The summed E-state index contributed by atoms with van der Waals surface area (Å²) in [6, 6.07) is 15.6. The van der Waals surface area contributed by atoms with Crippen molar-refractivity contribution in [3.63, 3.8) is 0 Å². The van der Waals surface area contributed by atoms with Gasteiger partial charge < -0.3 is 20.9 Å². The number of anilines is 4. The largest absolute Gasteiger partial charge is 0.370 e. The Hall–Kier alpha value is -3.58. The number of hydrogen-bond donors (Lipinski definition) is 3. The lowest BCUT2D eigenvalue weighted by Gasteiger charge is -2.23. The monoisotopic (exact) mass is 466 g/mol. The fourth-order valence-corrected chi connectivity index (χ4v) is 4.03. The Morgan fingerprint density at radius 1 is 0.879 bits per heavy atom. The Kier molecular flexibility index (Phi) is 6.79. The summed E-state index contributed by atoms with van der Waals surface area (Å²) in [5.41, 5.74) is 3.78. The maximum absolute atomic E-state index is 13.2. The third-order valence-corrected chi connectivity index (χ3v) is 5.74. The molecule has 0 bridgehead atoms. The van der Waals surface area contributed by atoms with Crippen LogP contribution < -0.4 is 20.9 Å². The molecule has 1 heterocycles. The van der Waals surface area contributed by atoms with Crippen molar-refractivity contribution in [3.8, 4) is 0 Å². The first-order valence-corrected chi connectivity index (χ1v) is 11.1. The second-order valence-corrected chi connectivity index (χ2v) is 8.36. The zero-order valence-corrected chi connectivity index (χ0v) is 18.9. The minimum Gasteiger partial charge on any atom is -0.370 e. The molecule has 170 valence electrons. The van der Waals surface area contributed by atoms with Gasteiger partial charge in [-0.1, -0.05) is 17.7 Å². The maximum Gasteiger partial charge on any atom is 0.323 e. The first kappa shape index (κ1) is 22.6. The van der Waals surface area contributed by atoms with Gasteiger partial charge in [-0.25, -0.2) is 9.18 Å². The summed E-state index contributed by atoms with van der Waals surface area (Å²) in [7, 11) is 0. The molecule has 0 unspecified atom stereocenters. The first-order chi connectivity index (χ1) is 15.9. The van der Waals surface area contributed by atoms with E-state index in [-0.39, 0.29) is 5.91 Å². The van der Waals surface area contributed by atoms with Crippen LogP contribution in [-0.2, 0) is 0 Å². The predicted octanol–water partition coefficient (Wildman–Crippen LogP) is 6.28. The van der Waals surface area contributed by atoms with Crippen molar-refractivity contribution in [1.82, 2.24) is 0 Å². The van der Waals surface area contributed by atoms with Crippen LogP contribution in [0.3, 0.4) is 0 Å². The van der Waals surface area contributed by atoms with E-state index in [1.165, 1.54) is 24.3 Å². The molecule has 1 fully saturated rings. The van der Waals surface area contributed by atoms with Crippen LogP contribution in [0.25, 0.3) is 0 Å². The van der Waals surface area contributed by atoms with Gasteiger partial charge in [0.15, 0.2) is 0 Å². The fourth-order valence-electron chi connectivity index (χ4n) is 3.75. The molecule has 4 rings (SSSR count). The lowest BCUT2D eigenvalue weighted by Crippen LogP contribution is -2.24. The highest BCUT2D eigenvalue weighted by molar-refractivity contribution is 6.33. The molecule has 0 atom stereocenters. The molecule has 6 nitrogen and oxygen atoms in total. The molecule has 0 aromatic heterocycles. The van der Waals surface area contributed by atoms with E-state index in [1.54, 1.807) is 24.3 Å². The number of carbonyl (C=O) groups is 2. The molecule has 1 aliphatic rings. The van der Waals surface area contributed by atoms with Gasteiger partial charge in [-0.3, -0.25) is 4.79 Å². The van der Waals surface area contributed by atoms with Gasteiger partial charge in [-0.2, -0.15) is 0 Å². The second kappa shape index (κ2) is 9.92. The molecular formula is C25H24ClFN4O2. The van der Waals surface area contributed by atoms with Gasteiger partial charge in [0.05, 0.1) is 22.1 Å². The molecule has 3 aromatic carbocycles. The van der Waals surface area contributed by atoms with Gasteiger partial charge in [-0.15, -0.1) is 0 Å². The van der Waals surface area contributed by atoms with E-state index in [9.17, 15) is 14.0 Å². The van der Waals surface area contributed by atoms with Crippen molar-refractivity contribution >= 4 is 46.3 Å². The van der Waals surface area contributed by atoms with E-state index in [4.69, 9.17) is 11.6 Å². The van der Waals surface area contributed by atoms with E-state index in [0.717, 1.165) is 37.2 Å². The normalized spacial score (nSPS) is 13.0. The molecule has 1 aliphatic heterocycles. The quantitative estimate of drug-likeness (QED) is 0.414. The van der Waals surface area contributed by atoms with Crippen LogP contribution in [0.1, 0.15) is 28.8 Å². The molecular weight excluding hydrogens is 443 g/mol. The van der Waals surface area contributed by atoms with Crippen molar-refractivity contribution < 1.29 is 14.0 Å². The number of amides is 3. The standard InChI is InChI=1S/C25H24ClFN4O2/c1-16-4-10-21(20(26)14-16)29-25(33)30-22-15-19(9-11-23(22)31-12-2-3-13-31)28-24(32)17-5-7-18(27)8-6-17/h4-11,14-15H,2-3,12-13H2,1H3,(H,28,32)(H2,29,30,33). The molecule has 3 aromatic rings. The van der Waals surface area contributed by atoms with Crippen LogP contribution in [0.5, 0.6) is 0 Å². The number of nitrogens with zero attached hydrogens (tertiary/aromatic N) is 1. The van der Waals surface area contributed by atoms with Gasteiger partial charge in [-0.05, 0) is 79.9 Å². The van der Waals surface area contributed by atoms with Crippen LogP contribution in [0.15, 0.2) is 60.7 Å². The van der Waals surface area contributed by atoms with E-state index < -0.39 is 11.8 Å². The Morgan fingerprint density at radius 3 is 2.27 bits per heavy atom. The molecule has 3 amide bonds. The number of halogens is 2. The zero-order valence-electron chi connectivity index (χ0n) is 18.1.